The number of pyridine rings is 1. The van der Waals surface area contributed by atoms with Crippen LogP contribution in [-0.4, -0.2) is 23.0 Å². The summed E-state index contributed by atoms with van der Waals surface area (Å²) in [5.41, 5.74) is 2.29. The zero-order valence-electron chi connectivity index (χ0n) is 12.5. The summed E-state index contributed by atoms with van der Waals surface area (Å²) in [6, 6.07) is 11.3. The average Bonchev–Trinajstić information content (AvgIpc) is 3.11. The SMILES string of the molecule is COc1ccccc1CNC(=O)c1csc(-c2ccncc2)n1. The lowest BCUT2D eigenvalue weighted by Crippen LogP contribution is -2.23. The van der Waals surface area contributed by atoms with E-state index in [2.05, 4.69) is 15.3 Å². The first-order chi connectivity index (χ1) is 11.3. The second-order valence-electron chi connectivity index (χ2n) is 4.77. The van der Waals surface area contributed by atoms with Crippen molar-refractivity contribution in [2.24, 2.45) is 0 Å². The fourth-order valence-corrected chi connectivity index (χ4v) is 2.93. The van der Waals surface area contributed by atoms with Crippen molar-refractivity contribution in [1.29, 1.82) is 0 Å². The maximum atomic E-state index is 12.2. The highest BCUT2D eigenvalue weighted by Gasteiger charge is 2.12. The standard InChI is InChI=1S/C17H15N3O2S/c1-22-15-5-3-2-4-13(15)10-19-16(21)14-11-23-17(20-14)12-6-8-18-9-7-12/h2-9,11H,10H2,1H3,(H,19,21). The molecule has 23 heavy (non-hydrogen) atoms. The van der Waals surface area contributed by atoms with Gasteiger partial charge in [0, 0.05) is 35.4 Å². The quantitative estimate of drug-likeness (QED) is 0.783. The maximum absolute atomic E-state index is 12.2. The van der Waals surface area contributed by atoms with Gasteiger partial charge in [-0.15, -0.1) is 11.3 Å². The molecule has 1 aromatic carbocycles. The van der Waals surface area contributed by atoms with Gasteiger partial charge >= 0.3 is 0 Å². The second kappa shape index (κ2) is 7.02. The molecule has 0 spiro atoms. The summed E-state index contributed by atoms with van der Waals surface area (Å²) >= 11 is 1.44. The Morgan fingerprint density at radius 1 is 1.22 bits per heavy atom. The molecule has 2 heterocycles. The van der Waals surface area contributed by atoms with Gasteiger partial charge in [-0.25, -0.2) is 4.98 Å². The molecule has 0 saturated heterocycles. The second-order valence-corrected chi connectivity index (χ2v) is 5.63. The van der Waals surface area contributed by atoms with Crippen molar-refractivity contribution in [3.8, 4) is 16.3 Å². The number of methoxy groups -OCH3 is 1. The van der Waals surface area contributed by atoms with Crippen LogP contribution in [0.3, 0.4) is 0 Å². The molecule has 5 nitrogen and oxygen atoms in total. The lowest BCUT2D eigenvalue weighted by Gasteiger charge is -2.08. The Hall–Kier alpha value is -2.73. The monoisotopic (exact) mass is 325 g/mol. The van der Waals surface area contributed by atoms with Crippen LogP contribution in [0.1, 0.15) is 16.1 Å². The summed E-state index contributed by atoms with van der Waals surface area (Å²) in [6.07, 6.45) is 3.41. The Morgan fingerprint density at radius 3 is 2.78 bits per heavy atom. The number of thiazole rings is 1. The number of carbonyl (C=O) groups excluding carboxylic acids is 1. The predicted octanol–water partition coefficient (Wildman–Crippen LogP) is 3.14. The normalized spacial score (nSPS) is 10.3. The van der Waals surface area contributed by atoms with E-state index in [1.807, 2.05) is 36.4 Å². The van der Waals surface area contributed by atoms with E-state index in [0.717, 1.165) is 21.9 Å². The first-order valence-electron chi connectivity index (χ1n) is 7.04. The molecule has 0 unspecified atom stereocenters. The first kappa shape index (κ1) is 15.2. The van der Waals surface area contributed by atoms with Crippen molar-refractivity contribution >= 4 is 17.2 Å². The van der Waals surface area contributed by atoms with E-state index in [0.29, 0.717) is 12.2 Å². The lowest BCUT2D eigenvalue weighted by molar-refractivity contribution is 0.0946. The van der Waals surface area contributed by atoms with E-state index < -0.39 is 0 Å². The third-order valence-corrected chi connectivity index (χ3v) is 4.19. The van der Waals surface area contributed by atoms with E-state index in [-0.39, 0.29) is 5.91 Å². The molecule has 0 saturated carbocycles. The van der Waals surface area contributed by atoms with Crippen LogP contribution in [0.4, 0.5) is 0 Å². The Balaban J connectivity index is 1.68. The van der Waals surface area contributed by atoms with Gasteiger partial charge in [0.15, 0.2) is 0 Å². The highest BCUT2D eigenvalue weighted by atomic mass is 32.1. The van der Waals surface area contributed by atoms with Gasteiger partial charge < -0.3 is 10.1 Å². The maximum Gasteiger partial charge on any atom is 0.271 e. The molecular formula is C17H15N3O2S. The van der Waals surface area contributed by atoms with E-state index in [1.165, 1.54) is 11.3 Å². The number of ether oxygens (including phenoxy) is 1. The van der Waals surface area contributed by atoms with E-state index in [4.69, 9.17) is 4.74 Å². The molecule has 3 aromatic rings. The van der Waals surface area contributed by atoms with Gasteiger partial charge in [0.1, 0.15) is 16.5 Å². The van der Waals surface area contributed by atoms with Crippen LogP contribution in [0.5, 0.6) is 5.75 Å². The van der Waals surface area contributed by atoms with Crippen LogP contribution in [0, 0.1) is 0 Å². The predicted molar refractivity (Wildman–Crippen MR) is 89.5 cm³/mol. The van der Waals surface area contributed by atoms with Crippen LogP contribution in [0.25, 0.3) is 10.6 Å². The van der Waals surface area contributed by atoms with Crippen molar-refractivity contribution in [2.45, 2.75) is 6.54 Å². The molecule has 0 bridgehead atoms. The average molecular weight is 325 g/mol. The molecule has 1 N–H and O–H groups in total. The topological polar surface area (TPSA) is 64.1 Å². The van der Waals surface area contributed by atoms with Crippen molar-refractivity contribution in [1.82, 2.24) is 15.3 Å². The van der Waals surface area contributed by atoms with E-state index in [1.54, 1.807) is 24.9 Å². The van der Waals surface area contributed by atoms with Gasteiger partial charge in [-0.2, -0.15) is 0 Å². The summed E-state index contributed by atoms with van der Waals surface area (Å²) in [4.78, 5) is 20.6. The third-order valence-electron chi connectivity index (χ3n) is 3.30. The summed E-state index contributed by atoms with van der Waals surface area (Å²) < 4.78 is 5.27. The molecule has 3 rings (SSSR count). The fraction of sp³-hybridized carbons (Fsp3) is 0.118. The Morgan fingerprint density at radius 2 is 2.00 bits per heavy atom. The lowest BCUT2D eigenvalue weighted by atomic mass is 10.2. The largest absolute Gasteiger partial charge is 0.496 e. The molecule has 0 aliphatic heterocycles. The van der Waals surface area contributed by atoms with Crippen molar-refractivity contribution in [3.05, 3.63) is 65.4 Å². The highest BCUT2D eigenvalue weighted by Crippen LogP contribution is 2.23. The van der Waals surface area contributed by atoms with E-state index in [9.17, 15) is 4.79 Å². The minimum absolute atomic E-state index is 0.201. The fourth-order valence-electron chi connectivity index (χ4n) is 2.12. The van der Waals surface area contributed by atoms with Crippen molar-refractivity contribution in [3.63, 3.8) is 0 Å². The first-order valence-corrected chi connectivity index (χ1v) is 7.92. The van der Waals surface area contributed by atoms with E-state index >= 15 is 0 Å². The van der Waals surface area contributed by atoms with Gasteiger partial charge in [0.25, 0.3) is 5.91 Å². The number of rotatable bonds is 5. The summed E-state index contributed by atoms with van der Waals surface area (Å²) in [5, 5.41) is 5.43. The van der Waals surface area contributed by atoms with Crippen LogP contribution in [0.15, 0.2) is 54.2 Å². The summed E-state index contributed by atoms with van der Waals surface area (Å²) in [5.74, 6) is 0.552. The van der Waals surface area contributed by atoms with Crippen molar-refractivity contribution in [2.75, 3.05) is 7.11 Å². The summed E-state index contributed by atoms with van der Waals surface area (Å²) in [7, 11) is 1.61. The molecule has 0 radical (unpaired) electrons. The van der Waals surface area contributed by atoms with Gasteiger partial charge in [0.05, 0.1) is 7.11 Å². The minimum atomic E-state index is -0.201. The number of hydrogen-bond donors (Lipinski definition) is 1. The Labute approximate surface area is 138 Å². The number of amides is 1. The Bertz CT molecular complexity index is 802. The molecule has 116 valence electrons. The molecule has 2 aromatic heterocycles. The van der Waals surface area contributed by atoms with Crippen molar-refractivity contribution < 1.29 is 9.53 Å². The highest BCUT2D eigenvalue weighted by molar-refractivity contribution is 7.13. The number of para-hydroxylation sites is 1. The van der Waals surface area contributed by atoms with Gasteiger partial charge in [-0.1, -0.05) is 18.2 Å². The molecule has 0 fully saturated rings. The van der Waals surface area contributed by atoms with Crippen LogP contribution >= 0.6 is 11.3 Å². The minimum Gasteiger partial charge on any atom is -0.496 e. The molecule has 0 atom stereocenters. The zero-order chi connectivity index (χ0) is 16.1. The number of hydrogen-bond acceptors (Lipinski definition) is 5. The third kappa shape index (κ3) is 3.54. The van der Waals surface area contributed by atoms with Gasteiger partial charge in [-0.3, -0.25) is 9.78 Å². The van der Waals surface area contributed by atoms with Crippen LogP contribution in [0.2, 0.25) is 0 Å². The molecule has 1 amide bonds. The Kier molecular flexibility index (Phi) is 4.63. The molecular weight excluding hydrogens is 310 g/mol. The molecule has 0 aliphatic carbocycles. The van der Waals surface area contributed by atoms with Crippen LogP contribution < -0.4 is 10.1 Å². The number of nitrogens with one attached hydrogen (secondary N) is 1. The number of nitrogens with zero attached hydrogens (tertiary/aromatic N) is 2. The molecule has 6 heteroatoms. The number of aromatic nitrogens is 2. The van der Waals surface area contributed by atoms with Crippen LogP contribution in [-0.2, 0) is 6.54 Å². The number of carbonyl (C=O) groups is 1. The number of benzene rings is 1. The smallest absolute Gasteiger partial charge is 0.271 e. The summed E-state index contributed by atoms with van der Waals surface area (Å²) in [6.45, 7) is 0.394. The van der Waals surface area contributed by atoms with Gasteiger partial charge in [0.2, 0.25) is 0 Å². The molecule has 0 aliphatic rings. The van der Waals surface area contributed by atoms with Gasteiger partial charge in [-0.05, 0) is 18.2 Å². The zero-order valence-corrected chi connectivity index (χ0v) is 13.3.